The second-order valence-electron chi connectivity index (χ2n) is 20.5. The summed E-state index contributed by atoms with van der Waals surface area (Å²) < 4.78 is 94.8. The van der Waals surface area contributed by atoms with Crippen molar-refractivity contribution in [3.05, 3.63) is 215 Å². The molecule has 0 aromatic heterocycles. The van der Waals surface area contributed by atoms with Crippen LogP contribution >= 0.6 is 0 Å². The third-order valence-corrected chi connectivity index (χ3v) is 18.7. The highest BCUT2D eigenvalue weighted by molar-refractivity contribution is 7.86. The normalized spacial score (nSPS) is 19.6. The van der Waals surface area contributed by atoms with Crippen LogP contribution in [0.15, 0.2) is 182 Å². The van der Waals surface area contributed by atoms with Gasteiger partial charge in [-0.1, -0.05) is 203 Å². The second kappa shape index (κ2) is 29.0. The van der Waals surface area contributed by atoms with Crippen LogP contribution in [-0.4, -0.2) is 91.8 Å². The number of hydrogen-bond acceptors (Lipinski definition) is 12. The van der Waals surface area contributed by atoms with Crippen molar-refractivity contribution in [1.82, 2.24) is 0 Å². The lowest BCUT2D eigenvalue weighted by Gasteiger charge is -2.46. The van der Waals surface area contributed by atoms with Gasteiger partial charge in [-0.15, -0.1) is 0 Å². The van der Waals surface area contributed by atoms with Crippen LogP contribution in [0.2, 0.25) is 18.1 Å². The first-order valence-electron chi connectivity index (χ1n) is 25.9. The van der Waals surface area contributed by atoms with Crippen molar-refractivity contribution in [3.8, 4) is 0 Å². The van der Waals surface area contributed by atoms with E-state index in [0.29, 0.717) is 19.6 Å². The van der Waals surface area contributed by atoms with E-state index in [1.165, 1.54) is 0 Å². The van der Waals surface area contributed by atoms with Crippen LogP contribution in [0.4, 0.5) is 0 Å². The van der Waals surface area contributed by atoms with E-state index < -0.39 is 67.5 Å². The largest absolute Gasteiger partial charge is 0.417 e. The monoisotopic (exact) mass is 1060 g/mol. The van der Waals surface area contributed by atoms with Crippen molar-refractivity contribution < 1.29 is 54.9 Å². The minimum absolute atomic E-state index is 0.0514. The number of ether oxygens (including phenoxy) is 8. The molecule has 0 radical (unpaired) electrons. The number of rotatable bonds is 30. The zero-order valence-corrected chi connectivity index (χ0v) is 46.1. The van der Waals surface area contributed by atoms with E-state index in [1.54, 1.807) is 0 Å². The van der Waals surface area contributed by atoms with E-state index in [2.05, 4.69) is 33.9 Å². The van der Waals surface area contributed by atoms with Gasteiger partial charge in [-0.05, 0) is 57.9 Å². The van der Waals surface area contributed by atoms with E-state index in [4.69, 9.17) is 46.5 Å². The summed E-state index contributed by atoms with van der Waals surface area (Å²) in [5.74, 6) is 0. The molecule has 1 heterocycles. The lowest BCUT2D eigenvalue weighted by atomic mass is 9.97. The predicted octanol–water partition coefficient (Wildman–Crippen LogP) is 11.6. The fraction of sp³-hybridized carbons (Fsp3) is 0.410. The Morgan fingerprint density at radius 2 is 0.907 bits per heavy atom. The van der Waals surface area contributed by atoms with Gasteiger partial charge >= 0.3 is 0 Å². The molecule has 8 atom stereocenters. The lowest BCUT2D eigenvalue weighted by Crippen LogP contribution is -2.62. The first-order chi connectivity index (χ1) is 36.2. The molecule has 12 nitrogen and oxygen atoms in total. The molecule has 1 saturated heterocycles. The third-order valence-electron chi connectivity index (χ3n) is 13.6. The Morgan fingerprint density at radius 1 is 0.507 bits per heavy atom. The van der Waals surface area contributed by atoms with E-state index >= 15 is 0 Å². The maximum Gasteiger partial charge on any atom is 0.264 e. The van der Waals surface area contributed by atoms with Gasteiger partial charge in [-0.2, -0.15) is 8.42 Å². The van der Waals surface area contributed by atoms with Gasteiger partial charge in [0, 0.05) is 6.61 Å². The molecule has 6 aromatic carbocycles. The van der Waals surface area contributed by atoms with Gasteiger partial charge in [0.1, 0.15) is 36.6 Å². The van der Waals surface area contributed by atoms with E-state index in [-0.39, 0.29) is 51.3 Å². The topological polar surface area (TPSA) is 126 Å². The van der Waals surface area contributed by atoms with Crippen LogP contribution in [0.3, 0.4) is 0 Å². The average Bonchev–Trinajstić information content (AvgIpc) is 3.41. The number of hydrogen-bond donors (Lipinski definition) is 0. The van der Waals surface area contributed by atoms with E-state index in [1.807, 2.05) is 182 Å². The highest BCUT2D eigenvalue weighted by Gasteiger charge is 2.50. The van der Waals surface area contributed by atoms with Crippen molar-refractivity contribution in [3.63, 3.8) is 0 Å². The molecule has 7 rings (SSSR count). The molecule has 0 bridgehead atoms. The first kappa shape index (κ1) is 57.8. The Bertz CT molecular complexity index is 2610. The SMILES string of the molecule is CC(C)(C)[Si](C)(C)OCC[C@@H](OCc1ccccc1)[C@H](OCc1ccccc1)[C@@H](CO[C@H]1O[C@H](COCc2ccccc2)[C@H](OCc2ccccc2)[C@H](OCc2ccccc2)[C@H]1OCc1ccccc1)OS(C)(=O)=O. The quantitative estimate of drug-likeness (QED) is 0.0315. The van der Waals surface area contributed by atoms with E-state index in [9.17, 15) is 8.42 Å². The van der Waals surface area contributed by atoms with Crippen molar-refractivity contribution in [2.24, 2.45) is 0 Å². The zero-order valence-electron chi connectivity index (χ0n) is 44.3. The Kier molecular flexibility index (Phi) is 22.3. The standard InChI is InChI=1S/C61H76O12SSi/c1-61(2,3)75(5,6)71-38-37-53(65-40-48-27-15-8-16-28-48)56(66-41-49-29-17-9-18-30-49)55(73-74(4,62)63)46-70-60-59(69-44-52-35-23-12-24-36-52)58(68-43-51-33-21-11-22-34-51)57(67-42-50-31-19-10-20-32-50)54(72-60)45-64-39-47-25-13-7-14-26-47/h7-36,53-60H,37-46H2,1-6H3/t53-,54-,55-,56+,57+,58+,59-,60+/m1/s1. The Hall–Kier alpha value is -4.91. The molecule has 6 aromatic rings. The Labute approximate surface area is 446 Å². The lowest BCUT2D eigenvalue weighted by molar-refractivity contribution is -0.332. The molecule has 0 spiro atoms. The molecule has 0 N–H and O–H groups in total. The summed E-state index contributed by atoms with van der Waals surface area (Å²) in [7, 11) is -6.37. The Morgan fingerprint density at radius 3 is 1.35 bits per heavy atom. The molecule has 75 heavy (non-hydrogen) atoms. The molecule has 0 saturated carbocycles. The highest BCUT2D eigenvalue weighted by Crippen LogP contribution is 2.37. The summed E-state index contributed by atoms with van der Waals surface area (Å²) >= 11 is 0. The van der Waals surface area contributed by atoms with Crippen LogP contribution in [-0.2, 0) is 96.3 Å². The third kappa shape index (κ3) is 19.0. The minimum Gasteiger partial charge on any atom is -0.417 e. The van der Waals surface area contributed by atoms with Crippen LogP contribution in [0.25, 0.3) is 0 Å². The van der Waals surface area contributed by atoms with Crippen LogP contribution in [0.1, 0.15) is 60.6 Å². The van der Waals surface area contributed by atoms with Gasteiger partial charge in [0.2, 0.25) is 0 Å². The fourth-order valence-electron chi connectivity index (χ4n) is 8.46. The van der Waals surface area contributed by atoms with Crippen LogP contribution in [0.5, 0.6) is 0 Å². The van der Waals surface area contributed by atoms with Gasteiger partial charge in [0.25, 0.3) is 10.1 Å². The Balaban J connectivity index is 1.26. The zero-order chi connectivity index (χ0) is 52.9. The van der Waals surface area contributed by atoms with Gasteiger partial charge < -0.3 is 42.3 Å². The first-order valence-corrected chi connectivity index (χ1v) is 30.6. The molecular formula is C61H76O12SSi. The summed E-state index contributed by atoms with van der Waals surface area (Å²) in [6.45, 7) is 12.4. The molecule has 0 amide bonds. The van der Waals surface area contributed by atoms with E-state index in [0.717, 1.165) is 39.6 Å². The smallest absolute Gasteiger partial charge is 0.264 e. The summed E-state index contributed by atoms with van der Waals surface area (Å²) in [4.78, 5) is 0. The fourth-order valence-corrected chi connectivity index (χ4v) is 10.1. The average molecular weight is 1060 g/mol. The van der Waals surface area contributed by atoms with Crippen LogP contribution < -0.4 is 0 Å². The van der Waals surface area contributed by atoms with Gasteiger partial charge in [-0.25, -0.2) is 0 Å². The summed E-state index contributed by atoms with van der Waals surface area (Å²) in [6.07, 6.45) is -5.97. The molecule has 402 valence electrons. The minimum atomic E-state index is -4.15. The van der Waals surface area contributed by atoms with Gasteiger partial charge in [-0.3, -0.25) is 4.18 Å². The van der Waals surface area contributed by atoms with Crippen molar-refractivity contribution in [1.29, 1.82) is 0 Å². The predicted molar refractivity (Wildman–Crippen MR) is 293 cm³/mol. The highest BCUT2D eigenvalue weighted by atomic mass is 32.2. The van der Waals surface area contributed by atoms with Crippen LogP contribution in [0, 0.1) is 0 Å². The molecule has 0 aliphatic carbocycles. The molecule has 1 fully saturated rings. The molecule has 1 aliphatic rings. The molecule has 1 aliphatic heterocycles. The molecular weight excluding hydrogens is 985 g/mol. The van der Waals surface area contributed by atoms with Crippen molar-refractivity contribution in [2.75, 3.05) is 26.1 Å². The van der Waals surface area contributed by atoms with Gasteiger partial charge in [0.05, 0.1) is 65.2 Å². The second-order valence-corrected chi connectivity index (χ2v) is 26.9. The van der Waals surface area contributed by atoms with Crippen molar-refractivity contribution >= 4 is 18.4 Å². The number of benzene rings is 6. The molecule has 0 unspecified atom stereocenters. The summed E-state index contributed by atoms with van der Waals surface area (Å²) in [5, 5.41) is -0.0514. The molecule has 14 heteroatoms. The van der Waals surface area contributed by atoms with Gasteiger partial charge in [0.15, 0.2) is 14.6 Å². The maximum absolute atomic E-state index is 13.5. The maximum atomic E-state index is 13.5. The summed E-state index contributed by atoms with van der Waals surface area (Å²) in [5.41, 5.74) is 5.63. The summed E-state index contributed by atoms with van der Waals surface area (Å²) in [6, 6.07) is 59.1. The van der Waals surface area contributed by atoms with Crippen molar-refractivity contribution in [2.45, 2.75) is 134 Å².